The second-order valence-electron chi connectivity index (χ2n) is 7.87. The van der Waals surface area contributed by atoms with Crippen LogP contribution in [0.4, 0.5) is 0 Å². The number of carbonyl (C=O) groups is 1. The molecule has 1 fully saturated rings. The summed E-state index contributed by atoms with van der Waals surface area (Å²) in [5.41, 5.74) is 1.63. The van der Waals surface area contributed by atoms with Gasteiger partial charge in [0, 0.05) is 44.8 Å². The first-order valence-electron chi connectivity index (χ1n) is 8.72. The molecule has 1 unspecified atom stereocenters. The number of piperazine rings is 1. The first-order valence-corrected chi connectivity index (χ1v) is 8.72. The number of nitrogens with zero attached hydrogens (tertiary/aromatic N) is 2. The number of hydrogen-bond acceptors (Lipinski definition) is 4. The lowest BCUT2D eigenvalue weighted by atomic mass is 9.89. The zero-order valence-electron chi connectivity index (χ0n) is 15.4. The number of benzene rings is 1. The third kappa shape index (κ3) is 5.58. The van der Waals surface area contributed by atoms with Gasteiger partial charge in [0.15, 0.2) is 0 Å². The van der Waals surface area contributed by atoms with E-state index >= 15 is 0 Å². The van der Waals surface area contributed by atoms with Crippen molar-refractivity contribution in [3.63, 3.8) is 0 Å². The summed E-state index contributed by atoms with van der Waals surface area (Å²) in [7, 11) is 2.15. The summed E-state index contributed by atoms with van der Waals surface area (Å²) < 4.78 is 0. The van der Waals surface area contributed by atoms with Crippen LogP contribution in [-0.2, 0) is 6.54 Å². The number of carbonyl (C=O) groups excluding carboxylic acids is 1. The molecule has 1 aromatic rings. The summed E-state index contributed by atoms with van der Waals surface area (Å²) >= 11 is 0. The minimum absolute atomic E-state index is 0.135. The average Bonchev–Trinajstić information content (AvgIpc) is 2.54. The molecule has 1 heterocycles. The molecule has 0 bridgehead atoms. The van der Waals surface area contributed by atoms with Gasteiger partial charge in [0.1, 0.15) is 0 Å². The van der Waals surface area contributed by atoms with Crippen LogP contribution in [0.1, 0.15) is 36.7 Å². The van der Waals surface area contributed by atoms with Gasteiger partial charge in [-0.3, -0.25) is 9.69 Å². The molecule has 24 heavy (non-hydrogen) atoms. The topological polar surface area (TPSA) is 55.8 Å². The second kappa shape index (κ2) is 8.10. The van der Waals surface area contributed by atoms with Crippen molar-refractivity contribution in [2.45, 2.75) is 33.4 Å². The van der Waals surface area contributed by atoms with Gasteiger partial charge in [0.2, 0.25) is 0 Å². The Bertz CT molecular complexity index is 529. The highest BCUT2D eigenvalue weighted by Gasteiger charge is 2.22. The van der Waals surface area contributed by atoms with E-state index in [2.05, 4.69) is 22.2 Å². The van der Waals surface area contributed by atoms with E-state index in [-0.39, 0.29) is 17.9 Å². The minimum Gasteiger partial charge on any atom is -0.391 e. The van der Waals surface area contributed by atoms with Gasteiger partial charge in [-0.05, 0) is 30.2 Å². The zero-order valence-corrected chi connectivity index (χ0v) is 15.4. The molecule has 0 aromatic heterocycles. The Balaban J connectivity index is 1.84. The third-order valence-electron chi connectivity index (χ3n) is 4.67. The van der Waals surface area contributed by atoms with Gasteiger partial charge in [-0.15, -0.1) is 0 Å². The number of nitrogens with one attached hydrogen (secondary N) is 1. The zero-order chi connectivity index (χ0) is 17.7. The third-order valence-corrected chi connectivity index (χ3v) is 4.67. The molecule has 2 rings (SSSR count). The van der Waals surface area contributed by atoms with Crippen molar-refractivity contribution in [2.75, 3.05) is 39.8 Å². The van der Waals surface area contributed by atoms with E-state index in [1.165, 1.54) is 5.56 Å². The summed E-state index contributed by atoms with van der Waals surface area (Å²) in [5, 5.41) is 12.8. The van der Waals surface area contributed by atoms with Crippen LogP contribution in [0.5, 0.6) is 0 Å². The maximum atomic E-state index is 12.2. The molecule has 1 atom stereocenters. The molecule has 5 nitrogen and oxygen atoms in total. The summed E-state index contributed by atoms with van der Waals surface area (Å²) in [5.74, 6) is -0.135. The summed E-state index contributed by atoms with van der Waals surface area (Å²) in [4.78, 5) is 17.0. The van der Waals surface area contributed by atoms with E-state index in [0.717, 1.165) is 32.7 Å². The van der Waals surface area contributed by atoms with Crippen molar-refractivity contribution in [1.29, 1.82) is 0 Å². The van der Waals surface area contributed by atoms with Gasteiger partial charge in [-0.2, -0.15) is 0 Å². The van der Waals surface area contributed by atoms with Crippen LogP contribution in [0, 0.1) is 5.41 Å². The van der Waals surface area contributed by atoms with E-state index in [1.807, 2.05) is 45.0 Å². The van der Waals surface area contributed by atoms with Crippen molar-refractivity contribution < 1.29 is 9.90 Å². The van der Waals surface area contributed by atoms with E-state index in [0.29, 0.717) is 5.56 Å². The van der Waals surface area contributed by atoms with Gasteiger partial charge in [0.05, 0.1) is 6.10 Å². The first kappa shape index (κ1) is 18.9. The van der Waals surface area contributed by atoms with Gasteiger partial charge in [-0.1, -0.05) is 32.9 Å². The standard InChI is InChI=1S/C19H31N3O2/c1-19(2,3)17(23)13-20-18(24)16-7-5-15(6-8-16)14-22-11-9-21(4)10-12-22/h5-8,17,23H,9-14H2,1-4H3,(H,20,24). The molecule has 0 spiro atoms. The summed E-state index contributed by atoms with van der Waals surface area (Å²) in [6.07, 6.45) is -0.557. The fourth-order valence-electron chi connectivity index (χ4n) is 2.62. The fraction of sp³-hybridized carbons (Fsp3) is 0.632. The Kier molecular flexibility index (Phi) is 6.38. The fourth-order valence-corrected chi connectivity index (χ4v) is 2.62. The maximum Gasteiger partial charge on any atom is 0.251 e. The van der Waals surface area contributed by atoms with Crippen LogP contribution in [0.25, 0.3) is 0 Å². The van der Waals surface area contributed by atoms with Crippen LogP contribution in [0.15, 0.2) is 24.3 Å². The van der Waals surface area contributed by atoms with Crippen LogP contribution < -0.4 is 5.32 Å². The lowest BCUT2D eigenvalue weighted by Gasteiger charge is -2.32. The number of amides is 1. The molecule has 1 saturated heterocycles. The molecule has 134 valence electrons. The highest BCUT2D eigenvalue weighted by atomic mass is 16.3. The number of hydrogen-bond donors (Lipinski definition) is 2. The normalized spacial score (nSPS) is 18.4. The van der Waals surface area contributed by atoms with Gasteiger partial charge in [-0.25, -0.2) is 0 Å². The maximum absolute atomic E-state index is 12.2. The minimum atomic E-state index is -0.557. The molecule has 0 radical (unpaired) electrons. The Hall–Kier alpha value is -1.43. The van der Waals surface area contributed by atoms with E-state index in [9.17, 15) is 9.90 Å². The van der Waals surface area contributed by atoms with E-state index in [4.69, 9.17) is 0 Å². The van der Waals surface area contributed by atoms with Crippen molar-refractivity contribution >= 4 is 5.91 Å². The van der Waals surface area contributed by atoms with Gasteiger partial charge >= 0.3 is 0 Å². The lowest BCUT2D eigenvalue weighted by molar-refractivity contribution is 0.0587. The molecule has 1 aliphatic heterocycles. The molecule has 1 aliphatic rings. The van der Waals surface area contributed by atoms with Crippen LogP contribution >= 0.6 is 0 Å². The predicted octanol–water partition coefficient (Wildman–Crippen LogP) is 1.57. The van der Waals surface area contributed by atoms with Crippen LogP contribution in [-0.4, -0.2) is 66.7 Å². The van der Waals surface area contributed by atoms with Crippen molar-refractivity contribution in [3.05, 3.63) is 35.4 Å². The molecule has 1 amide bonds. The molecule has 5 heteroatoms. The highest BCUT2D eigenvalue weighted by Crippen LogP contribution is 2.18. The van der Waals surface area contributed by atoms with E-state index in [1.54, 1.807) is 0 Å². The lowest BCUT2D eigenvalue weighted by Crippen LogP contribution is -2.43. The summed E-state index contributed by atoms with van der Waals surface area (Å²) in [6.45, 7) is 11.5. The summed E-state index contributed by atoms with van der Waals surface area (Å²) in [6, 6.07) is 7.77. The molecular formula is C19H31N3O2. The molecule has 0 aliphatic carbocycles. The number of likely N-dealkylation sites (N-methyl/N-ethyl adjacent to an activating group) is 1. The van der Waals surface area contributed by atoms with Gasteiger partial charge < -0.3 is 15.3 Å². The smallest absolute Gasteiger partial charge is 0.251 e. The van der Waals surface area contributed by atoms with Crippen LogP contribution in [0.3, 0.4) is 0 Å². The SMILES string of the molecule is CN1CCN(Cc2ccc(C(=O)NCC(O)C(C)(C)C)cc2)CC1. The highest BCUT2D eigenvalue weighted by molar-refractivity contribution is 5.94. The monoisotopic (exact) mass is 333 g/mol. The van der Waals surface area contributed by atoms with Gasteiger partial charge in [0.25, 0.3) is 5.91 Å². The molecule has 0 saturated carbocycles. The Morgan fingerprint density at radius 1 is 1.17 bits per heavy atom. The Labute approximate surface area is 145 Å². The first-order chi connectivity index (χ1) is 11.3. The number of rotatable bonds is 5. The number of aliphatic hydroxyl groups is 1. The van der Waals surface area contributed by atoms with E-state index < -0.39 is 6.10 Å². The largest absolute Gasteiger partial charge is 0.391 e. The Morgan fingerprint density at radius 2 is 1.75 bits per heavy atom. The van der Waals surface area contributed by atoms with Crippen molar-refractivity contribution in [2.24, 2.45) is 5.41 Å². The molecule has 2 N–H and O–H groups in total. The predicted molar refractivity (Wildman–Crippen MR) is 97.0 cm³/mol. The Morgan fingerprint density at radius 3 is 2.29 bits per heavy atom. The average molecular weight is 333 g/mol. The second-order valence-corrected chi connectivity index (χ2v) is 7.87. The molecular weight excluding hydrogens is 302 g/mol. The van der Waals surface area contributed by atoms with Crippen molar-refractivity contribution in [1.82, 2.24) is 15.1 Å². The number of aliphatic hydroxyl groups excluding tert-OH is 1. The van der Waals surface area contributed by atoms with Crippen LogP contribution in [0.2, 0.25) is 0 Å². The van der Waals surface area contributed by atoms with Crippen molar-refractivity contribution in [3.8, 4) is 0 Å². The quantitative estimate of drug-likeness (QED) is 0.859. The molecule has 1 aromatic carbocycles.